The van der Waals surface area contributed by atoms with Gasteiger partial charge in [-0.3, -0.25) is 4.90 Å². The molecule has 0 aromatic carbocycles. The van der Waals surface area contributed by atoms with E-state index in [1.807, 2.05) is 0 Å². The Bertz CT molecular complexity index is 181. The second-order valence-corrected chi connectivity index (χ2v) is 5.32. The standard InChI is InChI=1S/C13H27NO/c1-5-14(6-2)13(3,4)12(15)11-9-7-8-10-11/h11-12,15H,5-10H2,1-4H3. The van der Waals surface area contributed by atoms with Crippen LogP contribution in [0.5, 0.6) is 0 Å². The molecule has 1 fully saturated rings. The van der Waals surface area contributed by atoms with Crippen molar-refractivity contribution in [2.45, 2.75) is 65.0 Å². The van der Waals surface area contributed by atoms with Gasteiger partial charge in [0.2, 0.25) is 0 Å². The van der Waals surface area contributed by atoms with Crippen LogP contribution in [0.15, 0.2) is 0 Å². The molecule has 0 aliphatic heterocycles. The third-order valence-electron chi connectivity index (χ3n) is 4.15. The molecule has 0 aromatic rings. The van der Waals surface area contributed by atoms with Crippen molar-refractivity contribution in [2.75, 3.05) is 13.1 Å². The fourth-order valence-electron chi connectivity index (χ4n) is 3.08. The van der Waals surface area contributed by atoms with Gasteiger partial charge >= 0.3 is 0 Å². The summed E-state index contributed by atoms with van der Waals surface area (Å²) in [7, 11) is 0. The lowest BCUT2D eigenvalue weighted by atomic mass is 9.84. The van der Waals surface area contributed by atoms with Gasteiger partial charge in [-0.2, -0.15) is 0 Å². The molecule has 0 saturated heterocycles. The fourth-order valence-corrected chi connectivity index (χ4v) is 3.08. The third kappa shape index (κ3) is 2.73. The topological polar surface area (TPSA) is 23.5 Å². The third-order valence-corrected chi connectivity index (χ3v) is 4.15. The van der Waals surface area contributed by atoms with Crippen LogP contribution in [0.1, 0.15) is 53.4 Å². The molecule has 1 N–H and O–H groups in total. The van der Waals surface area contributed by atoms with Gasteiger partial charge < -0.3 is 5.11 Å². The lowest BCUT2D eigenvalue weighted by molar-refractivity contribution is -0.0368. The van der Waals surface area contributed by atoms with Gasteiger partial charge in [0.15, 0.2) is 0 Å². The molecule has 1 atom stereocenters. The molecule has 1 aliphatic carbocycles. The van der Waals surface area contributed by atoms with Crippen molar-refractivity contribution in [3.8, 4) is 0 Å². The molecule has 0 spiro atoms. The summed E-state index contributed by atoms with van der Waals surface area (Å²) in [5.41, 5.74) is -0.0709. The average Bonchev–Trinajstić information content (AvgIpc) is 2.70. The molecule has 0 aromatic heterocycles. The van der Waals surface area contributed by atoms with E-state index in [-0.39, 0.29) is 11.6 Å². The minimum absolute atomic E-state index is 0.0709. The SMILES string of the molecule is CCN(CC)C(C)(C)C(O)C1CCCC1. The summed E-state index contributed by atoms with van der Waals surface area (Å²) in [5.74, 6) is 0.528. The molecular formula is C13H27NO. The van der Waals surface area contributed by atoms with E-state index in [2.05, 4.69) is 32.6 Å². The number of hydrogen-bond acceptors (Lipinski definition) is 2. The lowest BCUT2D eigenvalue weighted by Crippen LogP contribution is -2.54. The van der Waals surface area contributed by atoms with Crippen LogP contribution in [0.4, 0.5) is 0 Å². The normalized spacial score (nSPS) is 21.2. The predicted molar refractivity (Wildman–Crippen MR) is 65.0 cm³/mol. The molecule has 1 rings (SSSR count). The summed E-state index contributed by atoms with van der Waals surface area (Å²) < 4.78 is 0. The highest BCUT2D eigenvalue weighted by molar-refractivity contribution is 4.93. The first-order valence-electron chi connectivity index (χ1n) is 6.47. The summed E-state index contributed by atoms with van der Waals surface area (Å²) in [6.07, 6.45) is 4.86. The summed E-state index contributed by atoms with van der Waals surface area (Å²) in [5, 5.41) is 10.5. The van der Waals surface area contributed by atoms with Gasteiger partial charge in [0.05, 0.1) is 6.10 Å². The smallest absolute Gasteiger partial charge is 0.0746 e. The molecule has 2 nitrogen and oxygen atoms in total. The zero-order valence-electron chi connectivity index (χ0n) is 10.8. The van der Waals surface area contributed by atoms with Gasteiger partial charge in [-0.15, -0.1) is 0 Å². The van der Waals surface area contributed by atoms with Crippen LogP contribution in [-0.2, 0) is 0 Å². The van der Waals surface area contributed by atoms with Crippen molar-refractivity contribution in [3.05, 3.63) is 0 Å². The zero-order chi connectivity index (χ0) is 11.5. The molecular weight excluding hydrogens is 186 g/mol. The Morgan fingerprint density at radius 3 is 2.07 bits per heavy atom. The second kappa shape index (κ2) is 5.31. The van der Waals surface area contributed by atoms with E-state index in [4.69, 9.17) is 0 Å². The molecule has 0 bridgehead atoms. The summed E-state index contributed by atoms with van der Waals surface area (Å²) in [4.78, 5) is 2.37. The van der Waals surface area contributed by atoms with Crippen LogP contribution >= 0.6 is 0 Å². The van der Waals surface area contributed by atoms with Crippen molar-refractivity contribution < 1.29 is 5.11 Å². The van der Waals surface area contributed by atoms with Gasteiger partial charge in [-0.25, -0.2) is 0 Å². The first-order valence-corrected chi connectivity index (χ1v) is 6.47. The first kappa shape index (κ1) is 13.0. The quantitative estimate of drug-likeness (QED) is 0.759. The number of aliphatic hydroxyl groups is 1. The summed E-state index contributed by atoms with van der Waals surface area (Å²) in [6.45, 7) is 10.8. The van der Waals surface area contributed by atoms with Crippen LogP contribution in [0.3, 0.4) is 0 Å². The largest absolute Gasteiger partial charge is 0.391 e. The van der Waals surface area contributed by atoms with Crippen molar-refractivity contribution in [3.63, 3.8) is 0 Å². The monoisotopic (exact) mass is 213 g/mol. The van der Waals surface area contributed by atoms with Gasteiger partial charge in [0, 0.05) is 5.54 Å². The Labute approximate surface area is 94.7 Å². The number of nitrogens with zero attached hydrogens (tertiary/aromatic N) is 1. The minimum atomic E-state index is -0.167. The highest BCUT2D eigenvalue weighted by atomic mass is 16.3. The summed E-state index contributed by atoms with van der Waals surface area (Å²) >= 11 is 0. The minimum Gasteiger partial charge on any atom is -0.391 e. The molecule has 15 heavy (non-hydrogen) atoms. The average molecular weight is 213 g/mol. The van der Waals surface area contributed by atoms with Gasteiger partial charge in [-0.05, 0) is 45.7 Å². The predicted octanol–water partition coefficient (Wildman–Crippen LogP) is 2.66. The maximum absolute atomic E-state index is 10.5. The van der Waals surface area contributed by atoms with E-state index in [0.29, 0.717) is 5.92 Å². The maximum Gasteiger partial charge on any atom is 0.0746 e. The molecule has 0 heterocycles. The Morgan fingerprint density at radius 2 is 1.67 bits per heavy atom. The Kier molecular flexibility index (Phi) is 4.60. The molecule has 1 saturated carbocycles. The van der Waals surface area contributed by atoms with Crippen molar-refractivity contribution in [2.24, 2.45) is 5.92 Å². The van der Waals surface area contributed by atoms with Crippen LogP contribution in [0.25, 0.3) is 0 Å². The zero-order valence-corrected chi connectivity index (χ0v) is 10.8. The van der Waals surface area contributed by atoms with Gasteiger partial charge in [0.1, 0.15) is 0 Å². The first-order chi connectivity index (χ1) is 7.04. The van der Waals surface area contributed by atoms with Crippen LogP contribution in [0.2, 0.25) is 0 Å². The van der Waals surface area contributed by atoms with E-state index < -0.39 is 0 Å². The summed E-state index contributed by atoms with van der Waals surface area (Å²) in [6, 6.07) is 0. The van der Waals surface area contributed by atoms with E-state index in [1.54, 1.807) is 0 Å². The molecule has 2 heteroatoms. The highest BCUT2D eigenvalue weighted by Crippen LogP contribution is 2.34. The number of aliphatic hydroxyl groups excluding tert-OH is 1. The molecule has 0 amide bonds. The number of hydrogen-bond donors (Lipinski definition) is 1. The molecule has 1 unspecified atom stereocenters. The highest BCUT2D eigenvalue weighted by Gasteiger charge is 2.38. The van der Waals surface area contributed by atoms with Crippen LogP contribution in [0, 0.1) is 5.92 Å². The molecule has 1 aliphatic rings. The molecule has 0 radical (unpaired) electrons. The second-order valence-electron chi connectivity index (χ2n) is 5.32. The Hall–Kier alpha value is -0.0800. The van der Waals surface area contributed by atoms with Crippen LogP contribution < -0.4 is 0 Å². The Balaban J connectivity index is 2.65. The fraction of sp³-hybridized carbons (Fsp3) is 1.00. The number of rotatable bonds is 5. The van der Waals surface area contributed by atoms with E-state index >= 15 is 0 Å². The van der Waals surface area contributed by atoms with E-state index in [9.17, 15) is 5.11 Å². The van der Waals surface area contributed by atoms with Crippen molar-refractivity contribution >= 4 is 0 Å². The van der Waals surface area contributed by atoms with Crippen molar-refractivity contribution in [1.29, 1.82) is 0 Å². The maximum atomic E-state index is 10.5. The van der Waals surface area contributed by atoms with E-state index in [1.165, 1.54) is 25.7 Å². The van der Waals surface area contributed by atoms with E-state index in [0.717, 1.165) is 13.1 Å². The molecule has 90 valence electrons. The Morgan fingerprint density at radius 1 is 1.20 bits per heavy atom. The number of likely N-dealkylation sites (N-methyl/N-ethyl adjacent to an activating group) is 1. The lowest BCUT2D eigenvalue weighted by Gasteiger charge is -2.43. The van der Waals surface area contributed by atoms with Crippen LogP contribution in [-0.4, -0.2) is 34.7 Å². The van der Waals surface area contributed by atoms with Crippen molar-refractivity contribution in [1.82, 2.24) is 4.90 Å². The van der Waals surface area contributed by atoms with Gasteiger partial charge in [0.25, 0.3) is 0 Å². The van der Waals surface area contributed by atoms with Gasteiger partial charge in [-0.1, -0.05) is 26.7 Å².